The third-order valence-electron chi connectivity index (χ3n) is 6.39. The van der Waals surface area contributed by atoms with Crippen LogP contribution in [0.4, 0.5) is 11.4 Å². The molecule has 4 rings (SSSR count). The van der Waals surface area contributed by atoms with Gasteiger partial charge in [-0.25, -0.2) is 0 Å². The van der Waals surface area contributed by atoms with Crippen LogP contribution in [0.2, 0.25) is 0 Å². The number of aryl methyl sites for hydroxylation is 2. The smallest absolute Gasteiger partial charge is 0.273 e. The molecule has 2 heterocycles. The van der Waals surface area contributed by atoms with Gasteiger partial charge in [0.25, 0.3) is 11.8 Å². The number of anilines is 2. The number of carbonyl (C=O) groups excluding carboxylic acids is 3. The minimum absolute atomic E-state index is 0.0114. The molecule has 0 radical (unpaired) electrons. The zero-order chi connectivity index (χ0) is 26.7. The topological polar surface area (TPSA) is 161 Å². The van der Waals surface area contributed by atoms with Gasteiger partial charge in [0.15, 0.2) is 5.69 Å². The fourth-order valence-corrected chi connectivity index (χ4v) is 4.93. The van der Waals surface area contributed by atoms with Crippen LogP contribution in [0.15, 0.2) is 42.5 Å². The number of nitrogens with zero attached hydrogens (tertiary/aromatic N) is 2. The van der Waals surface area contributed by atoms with Crippen LogP contribution in [0.3, 0.4) is 0 Å². The highest BCUT2D eigenvalue weighted by Gasteiger charge is 2.36. The van der Waals surface area contributed by atoms with E-state index in [1.165, 1.54) is 17.0 Å². The molecule has 6 N–H and O–H groups in total. The van der Waals surface area contributed by atoms with Crippen LogP contribution in [0.5, 0.6) is 5.75 Å². The average Bonchev–Trinajstić information content (AvgIpc) is 3.53. The Labute approximate surface area is 218 Å². The van der Waals surface area contributed by atoms with Gasteiger partial charge in [-0.05, 0) is 79.2 Å². The number of benzene rings is 2. The number of aromatic nitrogens is 1. The van der Waals surface area contributed by atoms with Crippen LogP contribution in [0, 0.1) is 13.8 Å². The Kier molecular flexibility index (Phi) is 7.74. The number of nitrogens with two attached hydrogens (primary N) is 2. The molecule has 3 amide bonds. The van der Waals surface area contributed by atoms with Gasteiger partial charge in [-0.3, -0.25) is 19.3 Å². The molecule has 1 saturated heterocycles. The van der Waals surface area contributed by atoms with E-state index < -0.39 is 23.8 Å². The molecule has 1 fully saturated rings. The summed E-state index contributed by atoms with van der Waals surface area (Å²) in [7, 11) is 0. The molecule has 1 aliphatic rings. The van der Waals surface area contributed by atoms with Gasteiger partial charge >= 0.3 is 0 Å². The molecule has 2 atom stereocenters. The first-order valence-electron chi connectivity index (χ1n) is 11.8. The normalized spacial score (nSPS) is 15.8. The molecule has 3 aromatic rings. The van der Waals surface area contributed by atoms with E-state index in [4.69, 9.17) is 16.2 Å². The maximum absolute atomic E-state index is 14.1. The molecule has 0 saturated carbocycles. The number of primary amides is 1. The fraction of sp³-hybridized carbons (Fsp3) is 0.308. The van der Waals surface area contributed by atoms with Crippen molar-refractivity contribution in [2.24, 2.45) is 5.73 Å². The van der Waals surface area contributed by atoms with Gasteiger partial charge < -0.3 is 26.6 Å². The highest BCUT2D eigenvalue weighted by atomic mass is 32.1. The van der Waals surface area contributed by atoms with Crippen molar-refractivity contribution >= 4 is 40.6 Å². The standard InChI is InChI=1S/C26H29N5O5S/c1-14-5-8-17(12-15(14)2)31(26(35)23-20(27)21(24(28)33)30-37-23)22(16-6-9-18(32)10-7-16)25(34)29-13-19-4-3-11-36-19/h5-10,12,19,22,32H,3-4,11,13,27H2,1-2H3,(H2,28,33)(H,29,34)/t19-,22+/m0/s1. The number of phenolic OH excluding ortho intramolecular Hbond substituents is 1. The lowest BCUT2D eigenvalue weighted by molar-refractivity contribution is -0.123. The van der Waals surface area contributed by atoms with Crippen LogP contribution in [-0.2, 0) is 9.53 Å². The van der Waals surface area contributed by atoms with Gasteiger partial charge in [0, 0.05) is 18.8 Å². The number of rotatable bonds is 8. The monoisotopic (exact) mass is 523 g/mol. The van der Waals surface area contributed by atoms with E-state index in [9.17, 15) is 19.5 Å². The van der Waals surface area contributed by atoms with E-state index >= 15 is 0 Å². The quantitative estimate of drug-likeness (QED) is 0.353. The summed E-state index contributed by atoms with van der Waals surface area (Å²) in [5.74, 6) is -1.89. The first-order valence-corrected chi connectivity index (χ1v) is 12.6. The highest BCUT2D eigenvalue weighted by Crippen LogP contribution is 2.34. The Balaban J connectivity index is 1.82. The van der Waals surface area contributed by atoms with Crippen molar-refractivity contribution in [3.63, 3.8) is 0 Å². The Hall–Kier alpha value is -3.96. The van der Waals surface area contributed by atoms with Crippen molar-refractivity contribution in [1.29, 1.82) is 0 Å². The number of carbonyl (C=O) groups is 3. The molecule has 0 aliphatic carbocycles. The van der Waals surface area contributed by atoms with Crippen LogP contribution < -0.4 is 21.7 Å². The van der Waals surface area contributed by atoms with Gasteiger partial charge in [0.05, 0.1) is 11.8 Å². The molecular weight excluding hydrogens is 494 g/mol. The van der Waals surface area contributed by atoms with Crippen molar-refractivity contribution in [3.8, 4) is 5.75 Å². The summed E-state index contributed by atoms with van der Waals surface area (Å²) in [6.45, 7) is 4.77. The molecule has 194 valence electrons. The molecule has 2 aromatic carbocycles. The van der Waals surface area contributed by atoms with Gasteiger partial charge in [0.1, 0.15) is 16.7 Å². The van der Waals surface area contributed by atoms with Gasteiger partial charge in [-0.2, -0.15) is 4.37 Å². The number of hydrogen-bond donors (Lipinski definition) is 4. The lowest BCUT2D eigenvalue weighted by Gasteiger charge is -2.32. The highest BCUT2D eigenvalue weighted by molar-refractivity contribution is 7.09. The second-order valence-electron chi connectivity index (χ2n) is 8.96. The molecule has 1 aromatic heterocycles. The average molecular weight is 524 g/mol. The third kappa shape index (κ3) is 5.57. The number of aromatic hydroxyl groups is 1. The lowest BCUT2D eigenvalue weighted by atomic mass is 10.0. The second-order valence-corrected chi connectivity index (χ2v) is 9.73. The maximum Gasteiger partial charge on any atom is 0.273 e. The number of phenols is 1. The van der Waals surface area contributed by atoms with Crippen molar-refractivity contribution in [2.75, 3.05) is 23.8 Å². The Morgan fingerprint density at radius 3 is 2.51 bits per heavy atom. The SMILES string of the molecule is Cc1ccc(N(C(=O)c2snc(C(N)=O)c2N)[C@@H](C(=O)NC[C@@H]2CCCO2)c2ccc(O)cc2)cc1C. The Morgan fingerprint density at radius 1 is 1.19 bits per heavy atom. The molecule has 0 unspecified atom stereocenters. The summed E-state index contributed by atoms with van der Waals surface area (Å²) in [6, 6.07) is 10.3. The van der Waals surface area contributed by atoms with Crippen molar-refractivity contribution in [1.82, 2.24) is 9.69 Å². The van der Waals surface area contributed by atoms with Crippen molar-refractivity contribution in [2.45, 2.75) is 38.8 Å². The lowest BCUT2D eigenvalue weighted by Crippen LogP contribution is -2.45. The van der Waals surface area contributed by atoms with E-state index in [0.29, 0.717) is 17.9 Å². The van der Waals surface area contributed by atoms with Crippen LogP contribution >= 0.6 is 11.5 Å². The molecular formula is C26H29N5O5S. The van der Waals surface area contributed by atoms with Gasteiger partial charge in [-0.1, -0.05) is 18.2 Å². The Morgan fingerprint density at radius 2 is 1.92 bits per heavy atom. The van der Waals surface area contributed by atoms with Gasteiger partial charge in [-0.15, -0.1) is 0 Å². The van der Waals surface area contributed by atoms with E-state index in [1.54, 1.807) is 24.3 Å². The van der Waals surface area contributed by atoms with E-state index in [-0.39, 0.29) is 34.7 Å². The number of nitrogens with one attached hydrogen (secondary N) is 1. The van der Waals surface area contributed by atoms with Crippen LogP contribution in [-0.4, -0.2) is 46.5 Å². The molecule has 11 heteroatoms. The first kappa shape index (κ1) is 26.1. The summed E-state index contributed by atoms with van der Waals surface area (Å²) in [5.41, 5.74) is 14.0. The van der Waals surface area contributed by atoms with Crippen LogP contribution in [0.25, 0.3) is 0 Å². The first-order chi connectivity index (χ1) is 17.7. The van der Waals surface area contributed by atoms with E-state index in [0.717, 1.165) is 35.5 Å². The molecule has 10 nitrogen and oxygen atoms in total. The number of amides is 3. The van der Waals surface area contributed by atoms with Crippen LogP contribution in [0.1, 0.15) is 55.7 Å². The number of hydrogen-bond acceptors (Lipinski definition) is 8. The predicted molar refractivity (Wildman–Crippen MR) is 141 cm³/mol. The van der Waals surface area contributed by atoms with E-state index in [2.05, 4.69) is 9.69 Å². The molecule has 37 heavy (non-hydrogen) atoms. The summed E-state index contributed by atoms with van der Waals surface area (Å²) in [5, 5.41) is 12.8. The zero-order valence-corrected chi connectivity index (χ0v) is 21.4. The third-order valence-corrected chi connectivity index (χ3v) is 7.24. The summed E-state index contributed by atoms with van der Waals surface area (Å²) in [4.78, 5) is 40.9. The van der Waals surface area contributed by atoms with E-state index in [1.807, 2.05) is 19.9 Å². The number of ether oxygens (including phenoxy) is 1. The second kappa shape index (κ2) is 11.0. The zero-order valence-electron chi connectivity index (χ0n) is 20.6. The summed E-state index contributed by atoms with van der Waals surface area (Å²) >= 11 is 0.745. The van der Waals surface area contributed by atoms with Gasteiger partial charge in [0.2, 0.25) is 5.91 Å². The minimum atomic E-state index is -1.13. The largest absolute Gasteiger partial charge is 0.508 e. The molecule has 0 spiro atoms. The predicted octanol–water partition coefficient (Wildman–Crippen LogP) is 2.83. The maximum atomic E-state index is 14.1. The Bertz CT molecular complexity index is 1320. The molecule has 0 bridgehead atoms. The summed E-state index contributed by atoms with van der Waals surface area (Å²) < 4.78 is 9.61. The van der Waals surface area contributed by atoms with Crippen molar-refractivity contribution < 1.29 is 24.2 Å². The molecule has 1 aliphatic heterocycles. The minimum Gasteiger partial charge on any atom is -0.508 e. The number of nitrogen functional groups attached to an aromatic ring is 1. The summed E-state index contributed by atoms with van der Waals surface area (Å²) in [6.07, 6.45) is 1.64. The van der Waals surface area contributed by atoms with Crippen molar-refractivity contribution in [3.05, 3.63) is 69.7 Å². The fourth-order valence-electron chi connectivity index (χ4n) is 4.19.